The molecule has 0 radical (unpaired) electrons. The number of benzene rings is 4. The number of halogens is 12. The fraction of sp³-hybridized carbons (Fsp3) is 0.133. The van der Waals surface area contributed by atoms with Crippen molar-refractivity contribution in [2.75, 3.05) is 0 Å². The fourth-order valence-electron chi connectivity index (χ4n) is 4.33. The van der Waals surface area contributed by atoms with Gasteiger partial charge in [-0.15, -0.1) is 20.4 Å². The van der Waals surface area contributed by atoms with Crippen LogP contribution in [0.4, 0.5) is 52.7 Å². The molecule has 0 saturated carbocycles. The van der Waals surface area contributed by atoms with Gasteiger partial charge in [-0.1, -0.05) is 48.5 Å². The minimum atomic E-state index is -5.02. The van der Waals surface area contributed by atoms with E-state index in [-0.39, 0.29) is 57.2 Å². The number of nitrogens with zero attached hydrogens (tertiary/aromatic N) is 4. The molecule has 1 heterocycles. The number of rotatable bonds is 4. The lowest BCUT2D eigenvalue weighted by molar-refractivity contribution is -0.144. The molecule has 5 aromatic rings. The van der Waals surface area contributed by atoms with Gasteiger partial charge in [-0.2, -0.15) is 52.7 Å². The van der Waals surface area contributed by atoms with Gasteiger partial charge in [-0.3, -0.25) is 0 Å². The summed E-state index contributed by atoms with van der Waals surface area (Å²) in [5, 5.41) is 15.6. The maximum atomic E-state index is 13.2. The maximum Gasteiger partial charge on any atom is 0.416 e. The van der Waals surface area contributed by atoms with Gasteiger partial charge in [-0.25, -0.2) is 0 Å². The summed E-state index contributed by atoms with van der Waals surface area (Å²) < 4.78 is 159. The Hall–Kier alpha value is -5.02. The Bertz CT molecular complexity index is 1650. The first-order chi connectivity index (χ1) is 21.3. The minimum absolute atomic E-state index is 0.0210. The lowest BCUT2D eigenvalue weighted by Crippen LogP contribution is -2.11. The molecule has 0 unspecified atom stereocenters. The first-order valence-corrected chi connectivity index (χ1v) is 12.7. The van der Waals surface area contributed by atoms with Crippen molar-refractivity contribution >= 4 is 0 Å². The molecule has 0 aliphatic rings. The molecule has 0 amide bonds. The van der Waals surface area contributed by atoms with Crippen LogP contribution in [0.2, 0.25) is 0 Å². The number of aromatic nitrogens is 4. The van der Waals surface area contributed by atoms with E-state index < -0.39 is 47.0 Å². The molecule has 16 heteroatoms. The number of hydrogen-bond acceptors (Lipinski definition) is 4. The van der Waals surface area contributed by atoms with Crippen molar-refractivity contribution in [3.05, 3.63) is 107 Å². The first kappa shape index (κ1) is 32.4. The van der Waals surface area contributed by atoms with Gasteiger partial charge in [0.25, 0.3) is 0 Å². The van der Waals surface area contributed by atoms with Crippen LogP contribution >= 0.6 is 0 Å². The summed E-state index contributed by atoms with van der Waals surface area (Å²) >= 11 is 0. The second-order valence-corrected chi connectivity index (χ2v) is 9.79. The van der Waals surface area contributed by atoms with Crippen LogP contribution in [0.1, 0.15) is 22.3 Å². The molecule has 4 aromatic carbocycles. The highest BCUT2D eigenvalue weighted by Gasteiger charge is 2.38. The van der Waals surface area contributed by atoms with Crippen LogP contribution in [0, 0.1) is 0 Å². The monoisotopic (exact) mass is 658 g/mol. The second-order valence-electron chi connectivity index (χ2n) is 9.79. The molecular formula is C30H14F12N4. The molecule has 0 fully saturated rings. The van der Waals surface area contributed by atoms with Gasteiger partial charge in [0.2, 0.25) is 11.6 Å². The summed E-state index contributed by atoms with van der Waals surface area (Å²) in [6.45, 7) is 0. The first-order valence-electron chi connectivity index (χ1n) is 12.7. The predicted octanol–water partition coefficient (Wildman–Crippen LogP) is 10.0. The molecule has 0 bridgehead atoms. The van der Waals surface area contributed by atoms with Gasteiger partial charge in [-0.05, 0) is 58.7 Å². The third-order valence-electron chi connectivity index (χ3n) is 6.61. The Balaban J connectivity index is 1.38. The topological polar surface area (TPSA) is 51.6 Å². The van der Waals surface area contributed by atoms with E-state index in [2.05, 4.69) is 20.4 Å². The third kappa shape index (κ3) is 7.10. The molecule has 0 atom stereocenters. The van der Waals surface area contributed by atoms with Crippen LogP contribution in [0.5, 0.6) is 0 Å². The van der Waals surface area contributed by atoms with Crippen molar-refractivity contribution in [1.82, 2.24) is 20.4 Å². The van der Waals surface area contributed by atoms with E-state index in [1.54, 1.807) is 0 Å². The van der Waals surface area contributed by atoms with E-state index in [1.807, 2.05) is 0 Å². The lowest BCUT2D eigenvalue weighted by Gasteiger charge is -2.14. The highest BCUT2D eigenvalue weighted by atomic mass is 19.4. The van der Waals surface area contributed by atoms with Crippen molar-refractivity contribution in [2.24, 2.45) is 0 Å². The van der Waals surface area contributed by atoms with E-state index in [0.717, 1.165) is 0 Å². The minimum Gasteiger partial charge on any atom is -0.166 e. The van der Waals surface area contributed by atoms with Crippen molar-refractivity contribution in [2.45, 2.75) is 24.7 Å². The Morgan fingerprint density at radius 1 is 0.283 bits per heavy atom. The molecule has 4 nitrogen and oxygen atoms in total. The summed E-state index contributed by atoms with van der Waals surface area (Å²) in [6.07, 6.45) is -20.1. The molecular weight excluding hydrogens is 644 g/mol. The molecule has 0 aliphatic carbocycles. The number of alkyl halides is 12. The summed E-state index contributed by atoms with van der Waals surface area (Å²) in [4.78, 5) is 0. The third-order valence-corrected chi connectivity index (χ3v) is 6.61. The van der Waals surface area contributed by atoms with Crippen LogP contribution in [0.3, 0.4) is 0 Å². The van der Waals surface area contributed by atoms with E-state index in [9.17, 15) is 52.7 Å². The van der Waals surface area contributed by atoms with Gasteiger partial charge in [0.1, 0.15) is 0 Å². The van der Waals surface area contributed by atoms with Gasteiger partial charge >= 0.3 is 24.7 Å². The van der Waals surface area contributed by atoms with Crippen molar-refractivity contribution in [1.29, 1.82) is 0 Å². The van der Waals surface area contributed by atoms with Gasteiger partial charge < -0.3 is 0 Å². The Labute approximate surface area is 250 Å². The highest BCUT2D eigenvalue weighted by molar-refractivity contribution is 5.71. The van der Waals surface area contributed by atoms with Crippen molar-refractivity contribution in [3.63, 3.8) is 0 Å². The highest BCUT2D eigenvalue weighted by Crippen LogP contribution is 2.40. The SMILES string of the molecule is FC(F)(F)c1cc(-c2ccc(-c3nnc(-c4ccc(-c5cc(C(F)(F)F)cc(C(F)(F)F)c5)cc4)nn3)cc2)cc(C(F)(F)F)c1. The zero-order valence-electron chi connectivity index (χ0n) is 22.4. The van der Waals surface area contributed by atoms with Crippen LogP contribution in [-0.4, -0.2) is 20.4 Å². The van der Waals surface area contributed by atoms with Gasteiger partial charge in [0, 0.05) is 11.1 Å². The number of hydrogen-bond donors (Lipinski definition) is 0. The Morgan fingerprint density at radius 2 is 0.500 bits per heavy atom. The average Bonchev–Trinajstić information content (AvgIpc) is 2.99. The average molecular weight is 658 g/mol. The molecule has 1 aromatic heterocycles. The summed E-state index contributed by atoms with van der Waals surface area (Å²) in [7, 11) is 0. The Morgan fingerprint density at radius 3 is 0.717 bits per heavy atom. The van der Waals surface area contributed by atoms with Crippen LogP contribution in [-0.2, 0) is 24.7 Å². The van der Waals surface area contributed by atoms with Gasteiger partial charge in [0.05, 0.1) is 22.3 Å². The summed E-state index contributed by atoms with van der Waals surface area (Å²) in [5.41, 5.74) is -5.93. The van der Waals surface area contributed by atoms with E-state index in [4.69, 9.17) is 0 Å². The predicted molar refractivity (Wildman–Crippen MR) is 139 cm³/mol. The van der Waals surface area contributed by atoms with Gasteiger partial charge in [0.15, 0.2) is 0 Å². The largest absolute Gasteiger partial charge is 0.416 e. The van der Waals surface area contributed by atoms with Crippen LogP contribution in [0.25, 0.3) is 45.0 Å². The normalized spacial score (nSPS) is 12.8. The van der Waals surface area contributed by atoms with E-state index in [0.29, 0.717) is 24.3 Å². The van der Waals surface area contributed by atoms with E-state index in [1.165, 1.54) is 48.5 Å². The van der Waals surface area contributed by atoms with Crippen LogP contribution in [0.15, 0.2) is 84.9 Å². The van der Waals surface area contributed by atoms with Crippen molar-refractivity contribution in [3.8, 4) is 45.0 Å². The fourth-order valence-corrected chi connectivity index (χ4v) is 4.33. The zero-order valence-corrected chi connectivity index (χ0v) is 22.4. The summed E-state index contributed by atoms with van der Waals surface area (Å²) in [6, 6.07) is 12.8. The lowest BCUT2D eigenvalue weighted by atomic mass is 9.98. The molecule has 0 spiro atoms. The van der Waals surface area contributed by atoms with E-state index >= 15 is 0 Å². The standard InChI is InChI=1S/C30H14F12N4/c31-27(32,33)21-9-19(10-22(13-21)28(34,35)36)15-1-5-17(6-2-15)25-43-45-26(46-44-25)18-7-3-16(4-8-18)20-11-23(29(37,38)39)14-24(12-20)30(40,41)42/h1-14H. The summed E-state index contributed by atoms with van der Waals surface area (Å²) in [5.74, 6) is -0.119. The Kier molecular flexibility index (Phi) is 8.03. The van der Waals surface area contributed by atoms with Crippen molar-refractivity contribution < 1.29 is 52.7 Å². The molecule has 46 heavy (non-hydrogen) atoms. The molecule has 5 rings (SSSR count). The smallest absolute Gasteiger partial charge is 0.166 e. The molecule has 0 saturated heterocycles. The maximum absolute atomic E-state index is 13.2. The molecule has 238 valence electrons. The van der Waals surface area contributed by atoms with Crippen LogP contribution < -0.4 is 0 Å². The zero-order chi connectivity index (χ0) is 33.7. The molecule has 0 N–H and O–H groups in total. The quantitative estimate of drug-likeness (QED) is 0.181. The molecule has 0 aliphatic heterocycles. The second kappa shape index (κ2) is 11.4.